The summed E-state index contributed by atoms with van der Waals surface area (Å²) < 4.78 is 84.5. The van der Waals surface area contributed by atoms with Crippen LogP contribution in [0.15, 0.2) is 59.8 Å². The van der Waals surface area contributed by atoms with E-state index in [2.05, 4.69) is 9.71 Å². The normalized spacial score (nSPS) is 11.9. The lowest BCUT2D eigenvalue weighted by molar-refractivity contribution is -0.137. The number of aromatic nitrogens is 1. The van der Waals surface area contributed by atoms with Crippen molar-refractivity contribution >= 4 is 33.4 Å². The number of anilines is 1. The molecule has 198 valence electrons. The van der Waals surface area contributed by atoms with Gasteiger partial charge in [0.05, 0.1) is 30.8 Å². The fraction of sp³-hybridized carbons (Fsp3) is 0.250. The van der Waals surface area contributed by atoms with Gasteiger partial charge in [0.15, 0.2) is 0 Å². The number of carbonyl (C=O) groups is 1. The van der Waals surface area contributed by atoms with Crippen LogP contribution in [0.1, 0.15) is 15.9 Å². The van der Waals surface area contributed by atoms with Crippen LogP contribution < -0.4 is 14.4 Å². The van der Waals surface area contributed by atoms with E-state index in [-0.39, 0.29) is 34.2 Å². The zero-order valence-electron chi connectivity index (χ0n) is 20.0. The zero-order valence-corrected chi connectivity index (χ0v) is 21.6. The average Bonchev–Trinajstić information content (AvgIpc) is 2.84. The van der Waals surface area contributed by atoms with Gasteiger partial charge < -0.3 is 9.64 Å². The second kappa shape index (κ2) is 11.5. The Kier molecular flexibility index (Phi) is 8.82. The summed E-state index contributed by atoms with van der Waals surface area (Å²) in [7, 11) is -0.695. The van der Waals surface area contributed by atoms with Crippen molar-refractivity contribution in [3.63, 3.8) is 0 Å². The summed E-state index contributed by atoms with van der Waals surface area (Å²) in [6.45, 7) is 0.00146. The first-order valence-electron chi connectivity index (χ1n) is 10.7. The molecule has 0 aliphatic carbocycles. The third kappa shape index (κ3) is 7.43. The summed E-state index contributed by atoms with van der Waals surface area (Å²) in [5, 5.41) is 0. The molecule has 0 radical (unpaired) electrons. The molecule has 1 N–H and O–H groups in total. The van der Waals surface area contributed by atoms with Gasteiger partial charge in [0, 0.05) is 53.2 Å². The summed E-state index contributed by atoms with van der Waals surface area (Å²) in [5.41, 5.74) is -0.0641. The molecule has 1 amide bonds. The summed E-state index contributed by atoms with van der Waals surface area (Å²) >= 11 is 0.975. The lowest BCUT2D eigenvalue weighted by Crippen LogP contribution is -2.27. The number of carbonyl (C=O) groups excluding carboxylic acids is 1. The molecule has 0 atom stereocenters. The van der Waals surface area contributed by atoms with Gasteiger partial charge in [-0.25, -0.2) is 17.5 Å². The number of pyridine rings is 1. The summed E-state index contributed by atoms with van der Waals surface area (Å²) in [5.74, 6) is -0.915. The molecule has 1 aromatic heterocycles. The van der Waals surface area contributed by atoms with Crippen LogP contribution in [0.5, 0.6) is 5.75 Å². The molecule has 1 heterocycles. The molecule has 3 rings (SSSR count). The monoisotopic (exact) mass is 557 g/mol. The highest BCUT2D eigenvalue weighted by atomic mass is 32.2. The second-order valence-corrected chi connectivity index (χ2v) is 10.9. The van der Waals surface area contributed by atoms with E-state index >= 15 is 0 Å². The number of hydrogen-bond acceptors (Lipinski definition) is 6. The van der Waals surface area contributed by atoms with Crippen LogP contribution in [-0.4, -0.2) is 52.0 Å². The molecule has 0 spiro atoms. The first kappa shape index (κ1) is 28.4. The number of rotatable bonds is 9. The maximum absolute atomic E-state index is 13.7. The molecule has 37 heavy (non-hydrogen) atoms. The van der Waals surface area contributed by atoms with E-state index in [0.717, 1.165) is 35.1 Å². The predicted octanol–water partition coefficient (Wildman–Crippen LogP) is 4.83. The number of methoxy groups -OCH3 is 1. The molecule has 0 aliphatic rings. The second-order valence-electron chi connectivity index (χ2n) is 7.86. The molecule has 3 aromatic rings. The fourth-order valence-electron chi connectivity index (χ4n) is 3.44. The van der Waals surface area contributed by atoms with Crippen molar-refractivity contribution in [2.24, 2.45) is 0 Å². The van der Waals surface area contributed by atoms with Gasteiger partial charge in [-0.15, -0.1) is 11.8 Å². The molecule has 13 heteroatoms. The Bertz CT molecular complexity index is 1400. The standard InChI is InChI=1S/C24H23F4N3O4S2/c1-31(21-14-29-7-6-19(21)20-5-4-17(25)13-22(20)35-2)23(32)15-10-16(24(26,27)28)12-18(11-15)36-9-8-30-37(3,33)34/h4-7,10-14,30H,8-9H2,1-3H3. The number of benzene rings is 2. The molecule has 2 aromatic carbocycles. The van der Waals surface area contributed by atoms with Crippen molar-refractivity contribution in [3.8, 4) is 16.9 Å². The predicted molar refractivity (Wildman–Crippen MR) is 134 cm³/mol. The van der Waals surface area contributed by atoms with E-state index in [1.165, 1.54) is 50.8 Å². The quantitative estimate of drug-likeness (QED) is 0.230. The third-order valence-electron chi connectivity index (χ3n) is 5.14. The maximum atomic E-state index is 13.7. The number of amides is 1. The highest BCUT2D eigenvalue weighted by molar-refractivity contribution is 7.99. The van der Waals surface area contributed by atoms with Crippen molar-refractivity contribution in [1.82, 2.24) is 9.71 Å². The van der Waals surface area contributed by atoms with Crippen LogP contribution in [0.2, 0.25) is 0 Å². The number of nitrogens with one attached hydrogen (secondary N) is 1. The van der Waals surface area contributed by atoms with E-state index in [0.29, 0.717) is 11.1 Å². The van der Waals surface area contributed by atoms with E-state index in [1.807, 2.05) is 0 Å². The zero-order chi connectivity index (χ0) is 27.4. The number of ether oxygens (including phenoxy) is 1. The van der Waals surface area contributed by atoms with Gasteiger partial charge in [-0.1, -0.05) is 0 Å². The number of halogens is 4. The molecule has 0 saturated heterocycles. The lowest BCUT2D eigenvalue weighted by atomic mass is 10.0. The first-order valence-corrected chi connectivity index (χ1v) is 13.5. The van der Waals surface area contributed by atoms with Crippen molar-refractivity contribution in [3.05, 3.63) is 71.8 Å². The Morgan fingerprint density at radius 3 is 2.51 bits per heavy atom. The van der Waals surface area contributed by atoms with E-state index in [1.54, 1.807) is 6.07 Å². The summed E-state index contributed by atoms with van der Waals surface area (Å²) in [6, 6.07) is 8.42. The largest absolute Gasteiger partial charge is 0.496 e. The fourth-order valence-corrected chi connectivity index (χ4v) is 4.90. The Morgan fingerprint density at radius 2 is 1.86 bits per heavy atom. The van der Waals surface area contributed by atoms with Gasteiger partial charge in [-0.3, -0.25) is 9.78 Å². The first-order chi connectivity index (χ1) is 17.3. The molecule has 0 unspecified atom stereocenters. The highest BCUT2D eigenvalue weighted by Crippen LogP contribution is 2.38. The van der Waals surface area contributed by atoms with Crippen molar-refractivity contribution in [1.29, 1.82) is 0 Å². The number of alkyl halides is 3. The molecule has 0 aliphatic heterocycles. The molecule has 0 bridgehead atoms. The molecular weight excluding hydrogens is 534 g/mol. The van der Waals surface area contributed by atoms with Crippen molar-refractivity contribution in [2.45, 2.75) is 11.1 Å². The highest BCUT2D eigenvalue weighted by Gasteiger charge is 2.32. The smallest absolute Gasteiger partial charge is 0.416 e. The Hall–Kier alpha value is -3.16. The van der Waals surface area contributed by atoms with E-state index < -0.39 is 33.5 Å². The van der Waals surface area contributed by atoms with Gasteiger partial charge >= 0.3 is 6.18 Å². The number of nitrogens with zero attached hydrogens (tertiary/aromatic N) is 2. The van der Waals surface area contributed by atoms with Crippen LogP contribution in [0.4, 0.5) is 23.2 Å². The topological polar surface area (TPSA) is 88.6 Å². The maximum Gasteiger partial charge on any atom is 0.416 e. The molecule has 7 nitrogen and oxygen atoms in total. The van der Waals surface area contributed by atoms with Gasteiger partial charge in [0.2, 0.25) is 10.0 Å². The van der Waals surface area contributed by atoms with Crippen molar-refractivity contribution < 1.29 is 35.5 Å². The number of hydrogen-bond donors (Lipinski definition) is 1. The molecule has 0 saturated carbocycles. The number of thioether (sulfide) groups is 1. The Morgan fingerprint density at radius 1 is 1.14 bits per heavy atom. The van der Waals surface area contributed by atoms with Crippen LogP contribution in [0.25, 0.3) is 11.1 Å². The van der Waals surface area contributed by atoms with Gasteiger partial charge in [-0.05, 0) is 36.4 Å². The molecular formula is C24H23F4N3O4S2. The summed E-state index contributed by atoms with van der Waals surface area (Å²) in [6.07, 6.45) is -0.904. The lowest BCUT2D eigenvalue weighted by Gasteiger charge is -2.22. The number of sulfonamides is 1. The third-order valence-corrected chi connectivity index (χ3v) is 6.84. The van der Waals surface area contributed by atoms with Crippen LogP contribution in [0.3, 0.4) is 0 Å². The minimum Gasteiger partial charge on any atom is -0.496 e. The average molecular weight is 558 g/mol. The van der Waals surface area contributed by atoms with Crippen LogP contribution >= 0.6 is 11.8 Å². The van der Waals surface area contributed by atoms with Crippen LogP contribution in [-0.2, 0) is 16.2 Å². The SMILES string of the molecule is COc1cc(F)ccc1-c1ccncc1N(C)C(=O)c1cc(SCCNS(C)(=O)=O)cc(C(F)(F)F)c1. The summed E-state index contributed by atoms with van der Waals surface area (Å²) in [4.78, 5) is 18.7. The van der Waals surface area contributed by atoms with Crippen molar-refractivity contribution in [2.75, 3.05) is 37.6 Å². The Balaban J connectivity index is 1.97. The minimum absolute atomic E-state index is 0.00146. The van der Waals surface area contributed by atoms with Gasteiger partial charge in [0.25, 0.3) is 5.91 Å². The van der Waals surface area contributed by atoms with E-state index in [9.17, 15) is 30.8 Å². The van der Waals surface area contributed by atoms with Gasteiger partial charge in [-0.2, -0.15) is 13.2 Å². The molecule has 0 fully saturated rings. The Labute approximate surface area is 215 Å². The minimum atomic E-state index is -4.71. The van der Waals surface area contributed by atoms with Crippen LogP contribution in [0, 0.1) is 5.82 Å². The van der Waals surface area contributed by atoms with Gasteiger partial charge in [0.1, 0.15) is 11.6 Å². The van der Waals surface area contributed by atoms with E-state index in [4.69, 9.17) is 4.74 Å².